The molecule has 1 unspecified atom stereocenters. The average Bonchev–Trinajstić information content (AvgIpc) is 1.88. The fourth-order valence-corrected chi connectivity index (χ4v) is 3.69. The van der Waals surface area contributed by atoms with E-state index in [1.165, 1.54) is 0 Å². The molecule has 0 aromatic heterocycles. The number of hydrogen-bond donors (Lipinski definition) is 0. The van der Waals surface area contributed by atoms with Crippen LogP contribution in [0.5, 0.6) is 0 Å². The van der Waals surface area contributed by atoms with Gasteiger partial charge in [-0.1, -0.05) is 0 Å². The molecule has 1 atom stereocenters. The van der Waals surface area contributed by atoms with Gasteiger partial charge in [-0.05, 0) is 0 Å². The molecule has 0 radical (unpaired) electrons. The van der Waals surface area contributed by atoms with Crippen LogP contribution in [0.2, 0.25) is 0 Å². The molecule has 11 heavy (non-hydrogen) atoms. The van der Waals surface area contributed by atoms with E-state index in [0.717, 1.165) is 0 Å². The fraction of sp³-hybridized carbons (Fsp3) is 1.00. The van der Waals surface area contributed by atoms with Gasteiger partial charge in [0.2, 0.25) is 0 Å². The van der Waals surface area contributed by atoms with Gasteiger partial charge in [0.1, 0.15) is 0 Å². The van der Waals surface area contributed by atoms with Crippen LogP contribution in [0.3, 0.4) is 0 Å². The Kier molecular flexibility index (Phi) is 6.70. The van der Waals surface area contributed by atoms with E-state index in [9.17, 15) is 0 Å². The molecule has 0 aromatic rings. The maximum atomic E-state index is 5.37. The topological polar surface area (TPSA) is 27.7 Å². The molecular formula is C6H18O3P2. The van der Waals surface area contributed by atoms with Crippen molar-refractivity contribution in [3.63, 3.8) is 0 Å². The summed E-state index contributed by atoms with van der Waals surface area (Å²) in [5, 5.41) is 0. The standard InChI is InChI=1S/C6H18O3P2/c1-4-7-11(10,8-5-2)9-6-3/h11H,4-6,10H2,1-3H3. The Hall–Kier alpha value is 0.740. The van der Waals surface area contributed by atoms with Crippen LogP contribution in [0.25, 0.3) is 0 Å². The molecule has 0 bridgehead atoms. The van der Waals surface area contributed by atoms with Crippen LogP contribution in [-0.2, 0) is 13.6 Å². The van der Waals surface area contributed by atoms with Crippen LogP contribution < -0.4 is 0 Å². The van der Waals surface area contributed by atoms with Crippen molar-refractivity contribution in [2.24, 2.45) is 0 Å². The van der Waals surface area contributed by atoms with Gasteiger partial charge in [-0.25, -0.2) is 0 Å². The molecule has 0 heterocycles. The summed E-state index contributed by atoms with van der Waals surface area (Å²) >= 11 is 0. The molecule has 0 aliphatic carbocycles. The third-order valence-corrected chi connectivity index (χ3v) is 4.61. The summed E-state index contributed by atoms with van der Waals surface area (Å²) in [6.07, 6.45) is 0. The predicted molar refractivity (Wildman–Crippen MR) is 52.9 cm³/mol. The van der Waals surface area contributed by atoms with Gasteiger partial charge in [-0.3, -0.25) is 0 Å². The summed E-state index contributed by atoms with van der Waals surface area (Å²) in [5.74, 6) is 0. The molecule has 0 amide bonds. The summed E-state index contributed by atoms with van der Waals surface area (Å²) in [6.45, 7) is 7.71. The second kappa shape index (κ2) is 6.28. The van der Waals surface area contributed by atoms with Crippen molar-refractivity contribution in [3.8, 4) is 0 Å². The Bertz CT molecular complexity index is 82.8. The predicted octanol–water partition coefficient (Wildman–Crippen LogP) is 2.38. The third kappa shape index (κ3) is 5.05. The van der Waals surface area contributed by atoms with E-state index in [4.69, 9.17) is 13.6 Å². The van der Waals surface area contributed by atoms with Crippen LogP contribution in [-0.4, -0.2) is 19.8 Å². The van der Waals surface area contributed by atoms with Gasteiger partial charge in [-0.15, -0.1) is 0 Å². The molecule has 0 saturated heterocycles. The first-order chi connectivity index (χ1) is 5.18. The zero-order chi connectivity index (χ0) is 8.74. The molecule has 70 valence electrons. The van der Waals surface area contributed by atoms with Crippen molar-refractivity contribution in [1.29, 1.82) is 0 Å². The Morgan fingerprint density at radius 1 is 0.909 bits per heavy atom. The van der Waals surface area contributed by atoms with Gasteiger partial charge in [0.25, 0.3) is 0 Å². The van der Waals surface area contributed by atoms with Crippen LogP contribution in [0.4, 0.5) is 0 Å². The van der Waals surface area contributed by atoms with E-state index >= 15 is 0 Å². The Balaban J connectivity index is 3.79. The zero-order valence-electron chi connectivity index (χ0n) is 7.42. The maximum absolute atomic E-state index is 5.37. The molecule has 0 aliphatic heterocycles. The van der Waals surface area contributed by atoms with Crippen LogP contribution in [0, 0.1) is 0 Å². The van der Waals surface area contributed by atoms with Crippen LogP contribution in [0.15, 0.2) is 0 Å². The summed E-state index contributed by atoms with van der Waals surface area (Å²) in [5.41, 5.74) is 0. The van der Waals surface area contributed by atoms with E-state index in [0.29, 0.717) is 19.8 Å². The van der Waals surface area contributed by atoms with Gasteiger partial charge in [-0.2, -0.15) is 0 Å². The van der Waals surface area contributed by atoms with Gasteiger partial charge in [0, 0.05) is 0 Å². The second-order valence-electron chi connectivity index (χ2n) is 1.90. The summed E-state index contributed by atoms with van der Waals surface area (Å²) in [7, 11) is 0.218. The normalized spacial score (nSPS) is 13.5. The quantitative estimate of drug-likeness (QED) is 0.616. The summed E-state index contributed by atoms with van der Waals surface area (Å²) < 4.78 is 16.1. The van der Waals surface area contributed by atoms with Gasteiger partial charge in [0.15, 0.2) is 0 Å². The Morgan fingerprint density at radius 3 is 1.36 bits per heavy atom. The number of hydrogen-bond acceptors (Lipinski definition) is 3. The van der Waals surface area contributed by atoms with E-state index < -0.39 is 7.63 Å². The minimum atomic E-state index is -2.33. The molecule has 0 fully saturated rings. The summed E-state index contributed by atoms with van der Waals surface area (Å²) in [6, 6.07) is 0. The van der Waals surface area contributed by atoms with Crippen molar-refractivity contribution < 1.29 is 13.6 Å². The molecule has 0 spiro atoms. The average molecular weight is 200 g/mol. The Labute approximate surface area is 71.5 Å². The summed E-state index contributed by atoms with van der Waals surface area (Å²) in [4.78, 5) is 0. The van der Waals surface area contributed by atoms with Crippen molar-refractivity contribution in [2.75, 3.05) is 19.8 Å². The monoisotopic (exact) mass is 200 g/mol. The first-order valence-corrected chi connectivity index (χ1v) is 7.42. The third-order valence-electron chi connectivity index (χ3n) is 1.04. The molecule has 0 saturated carbocycles. The first-order valence-electron chi connectivity index (χ1n) is 3.89. The molecule has 0 aromatic carbocycles. The molecular weight excluding hydrogens is 182 g/mol. The Morgan fingerprint density at radius 2 is 1.18 bits per heavy atom. The van der Waals surface area contributed by atoms with Crippen molar-refractivity contribution in [3.05, 3.63) is 0 Å². The van der Waals surface area contributed by atoms with E-state index in [1.54, 1.807) is 0 Å². The first kappa shape index (κ1) is 11.7. The van der Waals surface area contributed by atoms with E-state index in [2.05, 4.69) is 8.93 Å². The van der Waals surface area contributed by atoms with Crippen molar-refractivity contribution in [1.82, 2.24) is 0 Å². The molecule has 5 heteroatoms. The molecule has 0 rings (SSSR count). The molecule has 3 nitrogen and oxygen atoms in total. The van der Waals surface area contributed by atoms with Crippen molar-refractivity contribution >= 4 is 16.6 Å². The van der Waals surface area contributed by atoms with E-state index in [-0.39, 0.29) is 0 Å². The molecule has 0 N–H and O–H groups in total. The molecule has 0 aliphatic rings. The fourth-order valence-electron chi connectivity index (χ4n) is 0.729. The van der Waals surface area contributed by atoms with Gasteiger partial charge >= 0.3 is 70.7 Å². The van der Waals surface area contributed by atoms with Crippen molar-refractivity contribution in [2.45, 2.75) is 20.8 Å². The number of rotatable bonds is 6. The van der Waals surface area contributed by atoms with Crippen LogP contribution in [0.1, 0.15) is 20.8 Å². The van der Waals surface area contributed by atoms with Crippen LogP contribution >= 0.6 is 16.6 Å². The second-order valence-corrected chi connectivity index (χ2v) is 6.10. The van der Waals surface area contributed by atoms with Gasteiger partial charge in [0.05, 0.1) is 0 Å². The van der Waals surface area contributed by atoms with Gasteiger partial charge < -0.3 is 0 Å². The zero-order valence-corrected chi connectivity index (χ0v) is 9.58. The minimum absolute atomic E-state index is 0.635. The SMILES string of the molecule is CCO[PH](P)(OCC)OCC. The van der Waals surface area contributed by atoms with E-state index in [1.807, 2.05) is 20.8 Å².